The molecule has 1 fully saturated rings. The molecule has 2 rings (SSSR count). The number of benzene rings is 1. The van der Waals surface area contributed by atoms with Gasteiger partial charge in [0.25, 0.3) is 0 Å². The van der Waals surface area contributed by atoms with Crippen molar-refractivity contribution in [2.45, 2.75) is 30.3 Å². The Labute approximate surface area is 152 Å². The Kier molecular flexibility index (Phi) is 6.07. The Morgan fingerprint density at radius 1 is 0.885 bits per heavy atom. The second-order valence-corrected chi connectivity index (χ2v) is 10.3. The topological polar surface area (TPSA) is 121 Å². The monoisotopic (exact) mass is 404 g/mol. The molecule has 2 unspecified atom stereocenters. The molecule has 1 aliphatic rings. The third-order valence-electron chi connectivity index (χ3n) is 3.98. The first-order valence-corrected chi connectivity index (χ1v) is 11.4. The van der Waals surface area contributed by atoms with Gasteiger partial charge in [0.15, 0.2) is 35.3 Å². The lowest BCUT2D eigenvalue weighted by molar-refractivity contribution is -0.145. The van der Waals surface area contributed by atoms with E-state index in [0.29, 0.717) is 0 Å². The molecule has 2 atom stereocenters. The van der Waals surface area contributed by atoms with E-state index in [1.54, 1.807) is 18.2 Å². The maximum Gasteiger partial charge on any atom is 0.325 e. The van der Waals surface area contributed by atoms with Gasteiger partial charge >= 0.3 is 11.9 Å². The molecule has 0 aliphatic carbocycles. The largest absolute Gasteiger partial charge is 0.465 e. The van der Waals surface area contributed by atoms with Gasteiger partial charge in [0.1, 0.15) is 0 Å². The van der Waals surface area contributed by atoms with Gasteiger partial charge < -0.3 is 9.47 Å². The Bertz CT molecular complexity index is 820. The van der Waals surface area contributed by atoms with Gasteiger partial charge in [-0.25, -0.2) is 16.8 Å². The average Bonchev–Trinajstić information content (AvgIpc) is 2.53. The molecule has 1 aromatic rings. The first kappa shape index (κ1) is 20.4. The van der Waals surface area contributed by atoms with Gasteiger partial charge in [0.05, 0.1) is 13.2 Å². The van der Waals surface area contributed by atoms with Crippen molar-refractivity contribution in [3.63, 3.8) is 0 Å². The van der Waals surface area contributed by atoms with Crippen LogP contribution in [0.4, 0.5) is 0 Å². The van der Waals surface area contributed by atoms with Gasteiger partial charge in [-0.05, 0) is 19.4 Å². The van der Waals surface area contributed by atoms with Gasteiger partial charge in [-0.15, -0.1) is 0 Å². The van der Waals surface area contributed by atoms with E-state index in [9.17, 15) is 26.4 Å². The standard InChI is InChI=1S/C16H20O8S2/c1-3-23-15(17)13-12(11-8-6-5-7-9-11)14(16(18)24-4-2)26(21,22)10-25(13,19)20/h5-9,12-14H,3-4,10H2,1-2H3. The van der Waals surface area contributed by atoms with Crippen LogP contribution in [0.5, 0.6) is 0 Å². The van der Waals surface area contributed by atoms with Crippen molar-refractivity contribution in [2.24, 2.45) is 0 Å². The van der Waals surface area contributed by atoms with E-state index in [0.717, 1.165) is 0 Å². The minimum atomic E-state index is -4.40. The second kappa shape index (κ2) is 7.75. The molecular formula is C16H20O8S2. The van der Waals surface area contributed by atoms with Crippen molar-refractivity contribution < 1.29 is 35.9 Å². The fourth-order valence-electron chi connectivity index (χ4n) is 3.04. The van der Waals surface area contributed by atoms with E-state index in [1.165, 1.54) is 26.0 Å². The summed E-state index contributed by atoms with van der Waals surface area (Å²) in [5.41, 5.74) is 0.232. The Morgan fingerprint density at radius 3 is 1.69 bits per heavy atom. The van der Waals surface area contributed by atoms with Crippen LogP contribution in [0.15, 0.2) is 30.3 Å². The molecule has 0 aromatic heterocycles. The van der Waals surface area contributed by atoms with Gasteiger partial charge in [-0.3, -0.25) is 9.59 Å². The molecule has 0 N–H and O–H groups in total. The summed E-state index contributed by atoms with van der Waals surface area (Å²) in [5, 5.41) is -4.92. The summed E-state index contributed by atoms with van der Waals surface area (Å²) in [7, 11) is -8.80. The number of carbonyl (C=O) groups is 2. The van der Waals surface area contributed by atoms with E-state index in [-0.39, 0.29) is 18.8 Å². The fourth-order valence-corrected chi connectivity index (χ4v) is 8.39. The molecule has 1 aliphatic heterocycles. The first-order chi connectivity index (χ1) is 12.2. The summed E-state index contributed by atoms with van der Waals surface area (Å²) in [6.07, 6.45) is 0. The number of hydrogen-bond acceptors (Lipinski definition) is 8. The number of esters is 2. The van der Waals surface area contributed by atoms with Crippen LogP contribution in [0, 0.1) is 0 Å². The summed E-state index contributed by atoms with van der Waals surface area (Å²) in [6, 6.07) is 7.72. The van der Waals surface area contributed by atoms with Crippen LogP contribution >= 0.6 is 0 Å². The number of hydrogen-bond donors (Lipinski definition) is 0. The molecule has 8 nitrogen and oxygen atoms in total. The van der Waals surface area contributed by atoms with E-state index in [2.05, 4.69) is 0 Å². The van der Waals surface area contributed by atoms with Crippen molar-refractivity contribution in [1.82, 2.24) is 0 Å². The SMILES string of the molecule is CCOC(=O)C1C(c2ccccc2)C(C(=O)OCC)S(=O)(=O)CS1(=O)=O. The Balaban J connectivity index is 2.72. The molecule has 0 spiro atoms. The maximum atomic E-state index is 12.6. The molecule has 0 radical (unpaired) electrons. The van der Waals surface area contributed by atoms with Crippen molar-refractivity contribution in [1.29, 1.82) is 0 Å². The fraction of sp³-hybridized carbons (Fsp3) is 0.500. The van der Waals surface area contributed by atoms with Crippen LogP contribution in [0.3, 0.4) is 0 Å². The minimum absolute atomic E-state index is 0.0802. The van der Waals surface area contributed by atoms with Crippen LogP contribution in [0.25, 0.3) is 0 Å². The minimum Gasteiger partial charge on any atom is -0.465 e. The van der Waals surface area contributed by atoms with Gasteiger partial charge in [-0.2, -0.15) is 0 Å². The number of ether oxygens (including phenoxy) is 2. The van der Waals surface area contributed by atoms with E-state index < -0.39 is 53.1 Å². The highest BCUT2D eigenvalue weighted by Gasteiger charge is 2.58. The summed E-state index contributed by atoms with van der Waals surface area (Å²) < 4.78 is 60.1. The zero-order chi connectivity index (χ0) is 19.5. The van der Waals surface area contributed by atoms with Crippen LogP contribution in [0.2, 0.25) is 0 Å². The van der Waals surface area contributed by atoms with Crippen LogP contribution in [-0.4, -0.2) is 57.6 Å². The van der Waals surface area contributed by atoms with Crippen LogP contribution in [0.1, 0.15) is 25.3 Å². The highest BCUT2D eigenvalue weighted by Crippen LogP contribution is 2.39. The van der Waals surface area contributed by atoms with Crippen molar-refractivity contribution in [3.05, 3.63) is 35.9 Å². The van der Waals surface area contributed by atoms with Gasteiger partial charge in [0.2, 0.25) is 0 Å². The average molecular weight is 404 g/mol. The lowest BCUT2D eigenvalue weighted by Gasteiger charge is -2.35. The lowest BCUT2D eigenvalue weighted by Crippen LogP contribution is -2.55. The summed E-state index contributed by atoms with van der Waals surface area (Å²) >= 11 is 0. The molecule has 1 heterocycles. The third kappa shape index (κ3) is 3.90. The molecule has 0 amide bonds. The Hall–Kier alpha value is -1.94. The zero-order valence-corrected chi connectivity index (χ0v) is 16.0. The van der Waals surface area contributed by atoms with E-state index >= 15 is 0 Å². The quantitative estimate of drug-likeness (QED) is 0.648. The molecular weight excluding hydrogens is 384 g/mol. The molecule has 26 heavy (non-hydrogen) atoms. The van der Waals surface area contributed by atoms with Crippen molar-refractivity contribution >= 4 is 31.6 Å². The normalized spacial score (nSPS) is 26.6. The lowest BCUT2D eigenvalue weighted by atomic mass is 9.91. The number of rotatable bonds is 5. The number of sulfone groups is 2. The third-order valence-corrected chi connectivity index (χ3v) is 9.12. The molecule has 10 heteroatoms. The Morgan fingerprint density at radius 2 is 1.31 bits per heavy atom. The van der Waals surface area contributed by atoms with Crippen LogP contribution in [-0.2, 0) is 38.7 Å². The van der Waals surface area contributed by atoms with Crippen LogP contribution < -0.4 is 0 Å². The van der Waals surface area contributed by atoms with Crippen molar-refractivity contribution in [3.8, 4) is 0 Å². The predicted molar refractivity (Wildman–Crippen MR) is 92.7 cm³/mol. The summed E-state index contributed by atoms with van der Waals surface area (Å²) in [6.45, 7) is 2.85. The molecule has 1 saturated heterocycles. The zero-order valence-electron chi connectivity index (χ0n) is 14.3. The molecule has 0 saturated carbocycles. The van der Waals surface area contributed by atoms with E-state index in [1.807, 2.05) is 0 Å². The molecule has 144 valence electrons. The predicted octanol–water partition coefficient (Wildman–Crippen LogP) is 0.434. The highest BCUT2D eigenvalue weighted by atomic mass is 32.3. The summed E-state index contributed by atoms with van der Waals surface area (Å²) in [5.74, 6) is -3.60. The second-order valence-electron chi connectivity index (χ2n) is 5.73. The number of carbonyl (C=O) groups excluding carboxylic acids is 2. The molecule has 1 aromatic carbocycles. The smallest absolute Gasteiger partial charge is 0.325 e. The highest BCUT2D eigenvalue weighted by molar-refractivity contribution is 8.10. The van der Waals surface area contributed by atoms with Crippen molar-refractivity contribution in [2.75, 3.05) is 18.3 Å². The molecule has 0 bridgehead atoms. The first-order valence-electron chi connectivity index (χ1n) is 7.97. The van der Waals surface area contributed by atoms with Gasteiger partial charge in [0, 0.05) is 5.92 Å². The van der Waals surface area contributed by atoms with E-state index in [4.69, 9.17) is 9.47 Å². The maximum absolute atomic E-state index is 12.6. The van der Waals surface area contributed by atoms with Gasteiger partial charge in [-0.1, -0.05) is 30.3 Å². The summed E-state index contributed by atoms with van der Waals surface area (Å²) in [4.78, 5) is 24.8.